The van der Waals surface area contributed by atoms with E-state index in [1.54, 1.807) is 7.05 Å². The van der Waals surface area contributed by atoms with E-state index in [2.05, 4.69) is 49.9 Å². The van der Waals surface area contributed by atoms with E-state index in [-0.39, 0.29) is 0 Å². The van der Waals surface area contributed by atoms with Crippen molar-refractivity contribution in [3.8, 4) is 11.3 Å². The molecule has 0 aliphatic carbocycles. The molecule has 0 saturated carbocycles. The average molecular weight is 404 g/mol. The fraction of sp³-hybridized carbons (Fsp3) is 0.333. The Morgan fingerprint density at radius 3 is 2.40 bits per heavy atom. The fourth-order valence-electron chi connectivity index (χ4n) is 3.68. The molecule has 2 heterocycles. The maximum absolute atomic E-state index is 5.45. The van der Waals surface area contributed by atoms with Crippen LogP contribution in [0.3, 0.4) is 0 Å². The number of aromatic nitrogens is 1. The summed E-state index contributed by atoms with van der Waals surface area (Å²) in [6.45, 7) is 4.77. The summed E-state index contributed by atoms with van der Waals surface area (Å²) in [5, 5.41) is 10.8. The van der Waals surface area contributed by atoms with Gasteiger partial charge in [-0.05, 0) is 37.1 Å². The molecule has 2 N–H and O–H groups in total. The molecule has 0 spiro atoms. The van der Waals surface area contributed by atoms with E-state index >= 15 is 0 Å². The predicted octanol–water partition coefficient (Wildman–Crippen LogP) is 3.80. The molecule has 1 saturated heterocycles. The summed E-state index contributed by atoms with van der Waals surface area (Å²) in [5.74, 6) is 1.50. The highest BCUT2D eigenvalue weighted by Crippen LogP contribution is 2.19. The molecule has 156 valence electrons. The first-order valence-corrected chi connectivity index (χ1v) is 10.6. The van der Waals surface area contributed by atoms with Crippen LogP contribution in [0, 0.1) is 0 Å². The summed E-state index contributed by atoms with van der Waals surface area (Å²) < 4.78 is 5.45. The number of nitrogens with zero attached hydrogens (tertiary/aromatic N) is 3. The fourth-order valence-corrected chi connectivity index (χ4v) is 3.68. The first kappa shape index (κ1) is 20.2. The minimum atomic E-state index is 0.546. The van der Waals surface area contributed by atoms with Crippen molar-refractivity contribution in [2.75, 3.05) is 20.1 Å². The van der Waals surface area contributed by atoms with Crippen LogP contribution in [0.1, 0.15) is 29.7 Å². The Labute approximate surface area is 178 Å². The summed E-state index contributed by atoms with van der Waals surface area (Å²) in [6, 6.07) is 20.8. The lowest BCUT2D eigenvalue weighted by Gasteiger charge is -2.15. The number of guanidine groups is 1. The van der Waals surface area contributed by atoms with E-state index in [4.69, 9.17) is 4.52 Å². The molecular weight excluding hydrogens is 374 g/mol. The summed E-state index contributed by atoms with van der Waals surface area (Å²) >= 11 is 0. The van der Waals surface area contributed by atoms with Crippen molar-refractivity contribution >= 4 is 5.96 Å². The van der Waals surface area contributed by atoms with Gasteiger partial charge in [-0.15, -0.1) is 0 Å². The van der Waals surface area contributed by atoms with Crippen LogP contribution in [-0.2, 0) is 19.6 Å². The Morgan fingerprint density at radius 1 is 0.967 bits per heavy atom. The van der Waals surface area contributed by atoms with Crippen LogP contribution in [0.2, 0.25) is 0 Å². The van der Waals surface area contributed by atoms with Gasteiger partial charge in [0.1, 0.15) is 5.69 Å². The van der Waals surface area contributed by atoms with Crippen molar-refractivity contribution in [3.63, 3.8) is 0 Å². The van der Waals surface area contributed by atoms with E-state index in [1.807, 2.05) is 36.4 Å². The number of rotatable bonds is 7. The number of nitrogens with one attached hydrogen (secondary N) is 2. The van der Waals surface area contributed by atoms with Crippen LogP contribution in [0.15, 0.2) is 70.2 Å². The van der Waals surface area contributed by atoms with E-state index in [1.165, 1.54) is 37.1 Å². The summed E-state index contributed by atoms with van der Waals surface area (Å²) in [6.07, 6.45) is 2.66. The van der Waals surface area contributed by atoms with Crippen LogP contribution in [0.25, 0.3) is 11.3 Å². The van der Waals surface area contributed by atoms with Crippen LogP contribution in [-0.4, -0.2) is 36.2 Å². The minimum absolute atomic E-state index is 0.546. The van der Waals surface area contributed by atoms with Crippen LogP contribution < -0.4 is 10.6 Å². The highest BCUT2D eigenvalue weighted by molar-refractivity contribution is 5.79. The second-order valence-electron chi connectivity index (χ2n) is 7.63. The van der Waals surface area contributed by atoms with Gasteiger partial charge in [-0.3, -0.25) is 9.89 Å². The molecule has 0 amide bonds. The zero-order valence-electron chi connectivity index (χ0n) is 17.5. The Kier molecular flexibility index (Phi) is 6.77. The van der Waals surface area contributed by atoms with Gasteiger partial charge in [-0.2, -0.15) is 0 Å². The molecule has 1 aliphatic heterocycles. The van der Waals surface area contributed by atoms with Crippen LogP contribution in [0.5, 0.6) is 0 Å². The quantitative estimate of drug-likeness (QED) is 0.464. The average Bonchev–Trinajstić information content (AvgIpc) is 3.48. The molecule has 0 bridgehead atoms. The van der Waals surface area contributed by atoms with Crippen molar-refractivity contribution in [1.29, 1.82) is 0 Å². The van der Waals surface area contributed by atoms with Gasteiger partial charge in [0.15, 0.2) is 11.7 Å². The number of hydrogen-bond acceptors (Lipinski definition) is 4. The third-order valence-corrected chi connectivity index (χ3v) is 5.37. The lowest BCUT2D eigenvalue weighted by Crippen LogP contribution is -2.36. The van der Waals surface area contributed by atoms with Crippen molar-refractivity contribution in [3.05, 3.63) is 77.5 Å². The topological polar surface area (TPSA) is 65.7 Å². The first-order chi connectivity index (χ1) is 14.8. The van der Waals surface area contributed by atoms with Gasteiger partial charge in [0, 0.05) is 31.8 Å². The molecule has 1 aliphatic rings. The van der Waals surface area contributed by atoms with E-state index in [0.717, 1.165) is 36.1 Å². The normalized spacial score (nSPS) is 14.8. The van der Waals surface area contributed by atoms with Gasteiger partial charge in [0.25, 0.3) is 0 Å². The Bertz CT molecular complexity index is 943. The Morgan fingerprint density at radius 2 is 1.67 bits per heavy atom. The van der Waals surface area contributed by atoms with Gasteiger partial charge < -0.3 is 15.2 Å². The summed E-state index contributed by atoms with van der Waals surface area (Å²) in [7, 11) is 1.77. The van der Waals surface area contributed by atoms with Gasteiger partial charge in [0.05, 0.1) is 6.54 Å². The summed E-state index contributed by atoms with van der Waals surface area (Å²) in [4.78, 5) is 6.82. The van der Waals surface area contributed by atoms with E-state index in [9.17, 15) is 0 Å². The van der Waals surface area contributed by atoms with Crippen molar-refractivity contribution in [2.24, 2.45) is 4.99 Å². The van der Waals surface area contributed by atoms with Gasteiger partial charge >= 0.3 is 0 Å². The lowest BCUT2D eigenvalue weighted by molar-refractivity contribution is 0.331. The molecule has 1 fully saturated rings. The largest absolute Gasteiger partial charge is 0.356 e. The van der Waals surface area contributed by atoms with Gasteiger partial charge in [-0.1, -0.05) is 59.8 Å². The van der Waals surface area contributed by atoms with Crippen molar-refractivity contribution < 1.29 is 4.52 Å². The zero-order chi connectivity index (χ0) is 20.6. The lowest BCUT2D eigenvalue weighted by atomic mass is 10.1. The molecule has 0 atom stereocenters. The van der Waals surface area contributed by atoms with E-state index in [0.29, 0.717) is 6.54 Å². The standard InChI is InChI=1S/C24H29N5O/c1-25-24(27-17-22-15-23(30-28-22)21-7-3-2-4-8-21)26-16-19-9-11-20(12-10-19)18-29-13-5-6-14-29/h2-4,7-12,15H,5-6,13-14,16-18H2,1H3,(H2,25,26,27). The maximum Gasteiger partial charge on any atom is 0.191 e. The monoisotopic (exact) mass is 403 g/mol. The molecule has 0 unspecified atom stereocenters. The van der Waals surface area contributed by atoms with E-state index < -0.39 is 0 Å². The van der Waals surface area contributed by atoms with Crippen LogP contribution in [0.4, 0.5) is 0 Å². The summed E-state index contributed by atoms with van der Waals surface area (Å²) in [5.41, 5.74) is 4.47. The molecule has 3 aromatic rings. The molecule has 0 radical (unpaired) electrons. The van der Waals surface area contributed by atoms with Crippen LogP contribution >= 0.6 is 0 Å². The second-order valence-corrected chi connectivity index (χ2v) is 7.63. The highest BCUT2D eigenvalue weighted by Gasteiger charge is 2.11. The number of aliphatic imine (C=N–C) groups is 1. The number of benzene rings is 2. The van der Waals surface area contributed by atoms with Crippen molar-refractivity contribution in [2.45, 2.75) is 32.5 Å². The SMILES string of the molecule is CN=C(NCc1ccc(CN2CCCC2)cc1)NCc1cc(-c2ccccc2)on1. The zero-order valence-corrected chi connectivity index (χ0v) is 17.5. The molecule has 1 aromatic heterocycles. The first-order valence-electron chi connectivity index (χ1n) is 10.6. The molecule has 2 aromatic carbocycles. The van der Waals surface area contributed by atoms with Crippen molar-refractivity contribution in [1.82, 2.24) is 20.7 Å². The molecular formula is C24H29N5O. The molecule has 4 rings (SSSR count). The highest BCUT2D eigenvalue weighted by atomic mass is 16.5. The Balaban J connectivity index is 1.24. The third kappa shape index (κ3) is 5.48. The molecule has 6 heteroatoms. The number of likely N-dealkylation sites (tertiary alicyclic amines) is 1. The third-order valence-electron chi connectivity index (χ3n) is 5.37. The smallest absolute Gasteiger partial charge is 0.191 e. The second kappa shape index (κ2) is 10.1. The molecule has 6 nitrogen and oxygen atoms in total. The molecule has 30 heavy (non-hydrogen) atoms. The maximum atomic E-state index is 5.45. The predicted molar refractivity (Wildman–Crippen MR) is 120 cm³/mol. The number of hydrogen-bond donors (Lipinski definition) is 2. The minimum Gasteiger partial charge on any atom is -0.356 e. The Hall–Kier alpha value is -3.12. The van der Waals surface area contributed by atoms with Gasteiger partial charge in [0.2, 0.25) is 0 Å². The van der Waals surface area contributed by atoms with Gasteiger partial charge in [-0.25, -0.2) is 0 Å².